The highest BCUT2D eigenvalue weighted by Gasteiger charge is 2.14. The van der Waals surface area contributed by atoms with E-state index >= 15 is 0 Å². The van der Waals surface area contributed by atoms with Crippen molar-refractivity contribution in [1.82, 2.24) is 5.32 Å². The van der Waals surface area contributed by atoms with Crippen LogP contribution >= 0.6 is 0 Å². The van der Waals surface area contributed by atoms with Crippen LogP contribution in [0.4, 0.5) is 0 Å². The van der Waals surface area contributed by atoms with Crippen molar-refractivity contribution >= 4 is 11.8 Å². The number of ether oxygens (including phenoxy) is 1. The molecule has 0 saturated carbocycles. The van der Waals surface area contributed by atoms with Crippen molar-refractivity contribution in [1.29, 1.82) is 0 Å². The standard InChI is InChI=1S/C21H24N2O3/c1-14(17-7-6-15-4-2-3-5-18(15)12-17)23-20(24)13-26-19-10-8-16(9-11-19)21(22)25/h6-12,14H,2-5,13H2,1H3,(H2,22,25)(H,23,24). The minimum atomic E-state index is -0.492. The summed E-state index contributed by atoms with van der Waals surface area (Å²) in [6.07, 6.45) is 4.77. The molecule has 0 aromatic heterocycles. The van der Waals surface area contributed by atoms with Crippen molar-refractivity contribution in [3.8, 4) is 5.75 Å². The number of fused-ring (bicyclic) bond motifs is 1. The zero-order valence-electron chi connectivity index (χ0n) is 15.0. The van der Waals surface area contributed by atoms with Gasteiger partial charge in [-0.05, 0) is 73.6 Å². The van der Waals surface area contributed by atoms with Crippen molar-refractivity contribution in [2.45, 2.75) is 38.6 Å². The molecule has 0 saturated heterocycles. The maximum Gasteiger partial charge on any atom is 0.258 e. The highest BCUT2D eigenvalue weighted by atomic mass is 16.5. The van der Waals surface area contributed by atoms with Gasteiger partial charge in [-0.2, -0.15) is 0 Å². The number of rotatable bonds is 6. The molecule has 26 heavy (non-hydrogen) atoms. The van der Waals surface area contributed by atoms with Gasteiger partial charge in [-0.3, -0.25) is 9.59 Å². The van der Waals surface area contributed by atoms with Crippen LogP contribution in [0.3, 0.4) is 0 Å². The molecule has 0 heterocycles. The number of benzene rings is 2. The summed E-state index contributed by atoms with van der Waals surface area (Å²) in [4.78, 5) is 23.2. The zero-order valence-corrected chi connectivity index (χ0v) is 15.0. The third-order valence-electron chi connectivity index (χ3n) is 4.76. The van der Waals surface area contributed by atoms with E-state index in [0.717, 1.165) is 18.4 Å². The predicted molar refractivity (Wildman–Crippen MR) is 100 cm³/mol. The van der Waals surface area contributed by atoms with E-state index in [9.17, 15) is 9.59 Å². The second kappa shape index (κ2) is 8.04. The molecule has 136 valence electrons. The summed E-state index contributed by atoms with van der Waals surface area (Å²) in [6.45, 7) is 1.90. The SMILES string of the molecule is CC(NC(=O)COc1ccc(C(N)=O)cc1)c1ccc2c(c1)CCCC2. The number of nitrogens with one attached hydrogen (secondary N) is 1. The van der Waals surface area contributed by atoms with E-state index in [2.05, 4.69) is 23.5 Å². The maximum absolute atomic E-state index is 12.2. The van der Waals surface area contributed by atoms with Crippen LogP contribution in [-0.4, -0.2) is 18.4 Å². The first-order chi connectivity index (χ1) is 12.5. The van der Waals surface area contributed by atoms with E-state index in [1.54, 1.807) is 24.3 Å². The Labute approximate surface area is 153 Å². The molecule has 1 atom stereocenters. The average molecular weight is 352 g/mol. The van der Waals surface area contributed by atoms with Crippen LogP contribution in [-0.2, 0) is 17.6 Å². The fourth-order valence-corrected chi connectivity index (χ4v) is 3.25. The minimum Gasteiger partial charge on any atom is -0.484 e. The highest BCUT2D eigenvalue weighted by molar-refractivity contribution is 5.92. The van der Waals surface area contributed by atoms with Gasteiger partial charge in [0, 0.05) is 5.56 Å². The zero-order chi connectivity index (χ0) is 18.5. The molecule has 2 amide bonds. The molecule has 0 aliphatic heterocycles. The lowest BCUT2D eigenvalue weighted by molar-refractivity contribution is -0.123. The molecule has 0 bridgehead atoms. The molecule has 5 heteroatoms. The molecule has 2 aromatic rings. The van der Waals surface area contributed by atoms with Crippen LogP contribution in [0.25, 0.3) is 0 Å². The monoisotopic (exact) mass is 352 g/mol. The van der Waals surface area contributed by atoms with Crippen LogP contribution in [0.15, 0.2) is 42.5 Å². The van der Waals surface area contributed by atoms with Crippen LogP contribution in [0.1, 0.15) is 52.9 Å². The van der Waals surface area contributed by atoms with Gasteiger partial charge in [0.1, 0.15) is 5.75 Å². The summed E-state index contributed by atoms with van der Waals surface area (Å²) in [7, 11) is 0. The van der Waals surface area contributed by atoms with Crippen LogP contribution < -0.4 is 15.8 Å². The van der Waals surface area contributed by atoms with Crippen LogP contribution in [0.2, 0.25) is 0 Å². The summed E-state index contributed by atoms with van der Waals surface area (Å²) >= 11 is 0. The van der Waals surface area contributed by atoms with E-state index in [1.807, 2.05) is 6.92 Å². The van der Waals surface area contributed by atoms with Gasteiger partial charge in [-0.25, -0.2) is 0 Å². The first kappa shape index (κ1) is 18.0. The predicted octanol–water partition coefficient (Wildman–Crippen LogP) is 2.92. The third kappa shape index (κ3) is 4.42. The van der Waals surface area contributed by atoms with Gasteiger partial charge in [-0.1, -0.05) is 18.2 Å². The molecule has 5 nitrogen and oxygen atoms in total. The van der Waals surface area contributed by atoms with Gasteiger partial charge >= 0.3 is 0 Å². The molecule has 1 aliphatic carbocycles. The van der Waals surface area contributed by atoms with E-state index in [4.69, 9.17) is 10.5 Å². The summed E-state index contributed by atoms with van der Waals surface area (Å²) in [5.74, 6) is -0.158. The van der Waals surface area contributed by atoms with Gasteiger partial charge in [0.15, 0.2) is 6.61 Å². The summed E-state index contributed by atoms with van der Waals surface area (Å²) in [6, 6.07) is 12.8. The van der Waals surface area contributed by atoms with Crippen molar-refractivity contribution in [2.24, 2.45) is 5.73 Å². The van der Waals surface area contributed by atoms with Gasteiger partial charge < -0.3 is 15.8 Å². The number of primary amides is 1. The van der Waals surface area contributed by atoms with Crippen molar-refractivity contribution in [3.05, 3.63) is 64.7 Å². The van der Waals surface area contributed by atoms with Gasteiger partial charge in [0.2, 0.25) is 5.91 Å². The summed E-state index contributed by atoms with van der Waals surface area (Å²) in [5.41, 5.74) is 9.55. The summed E-state index contributed by atoms with van der Waals surface area (Å²) < 4.78 is 5.47. The number of carbonyl (C=O) groups excluding carboxylic acids is 2. The highest BCUT2D eigenvalue weighted by Crippen LogP contribution is 2.24. The van der Waals surface area contributed by atoms with E-state index in [0.29, 0.717) is 11.3 Å². The lowest BCUT2D eigenvalue weighted by Crippen LogP contribution is -2.31. The van der Waals surface area contributed by atoms with E-state index in [1.165, 1.54) is 24.0 Å². The number of amides is 2. The lowest BCUT2D eigenvalue weighted by atomic mass is 9.89. The number of nitrogens with two attached hydrogens (primary N) is 1. The normalized spacial score (nSPS) is 14.2. The number of hydrogen-bond acceptors (Lipinski definition) is 3. The molecule has 3 N–H and O–H groups in total. The minimum absolute atomic E-state index is 0.0736. The smallest absolute Gasteiger partial charge is 0.258 e. The van der Waals surface area contributed by atoms with Gasteiger partial charge in [0.25, 0.3) is 5.91 Å². The maximum atomic E-state index is 12.2. The second-order valence-corrected chi connectivity index (χ2v) is 6.70. The Kier molecular flexibility index (Phi) is 5.56. The quantitative estimate of drug-likeness (QED) is 0.839. The Morgan fingerprint density at radius 1 is 1.08 bits per heavy atom. The van der Waals surface area contributed by atoms with Crippen molar-refractivity contribution in [3.63, 3.8) is 0 Å². The number of hydrogen-bond donors (Lipinski definition) is 2. The second-order valence-electron chi connectivity index (χ2n) is 6.70. The van der Waals surface area contributed by atoms with Gasteiger partial charge in [0.05, 0.1) is 6.04 Å². The van der Waals surface area contributed by atoms with E-state index in [-0.39, 0.29) is 18.6 Å². The van der Waals surface area contributed by atoms with Crippen molar-refractivity contribution < 1.29 is 14.3 Å². The number of carbonyl (C=O) groups is 2. The Balaban J connectivity index is 1.53. The fourth-order valence-electron chi connectivity index (χ4n) is 3.25. The van der Waals surface area contributed by atoms with E-state index < -0.39 is 5.91 Å². The molecular formula is C21H24N2O3. The topological polar surface area (TPSA) is 81.4 Å². The average Bonchev–Trinajstić information content (AvgIpc) is 2.66. The molecule has 0 spiro atoms. The molecule has 1 aliphatic rings. The number of aryl methyl sites for hydroxylation is 2. The van der Waals surface area contributed by atoms with Crippen LogP contribution in [0, 0.1) is 0 Å². The molecular weight excluding hydrogens is 328 g/mol. The Morgan fingerprint density at radius 2 is 1.77 bits per heavy atom. The van der Waals surface area contributed by atoms with Crippen molar-refractivity contribution in [2.75, 3.05) is 6.61 Å². The summed E-state index contributed by atoms with van der Waals surface area (Å²) in [5, 5.41) is 2.96. The van der Waals surface area contributed by atoms with Gasteiger partial charge in [-0.15, -0.1) is 0 Å². The molecule has 0 radical (unpaired) electrons. The molecule has 0 fully saturated rings. The Morgan fingerprint density at radius 3 is 2.46 bits per heavy atom. The van der Waals surface area contributed by atoms with Crippen LogP contribution in [0.5, 0.6) is 5.75 Å². The molecule has 1 unspecified atom stereocenters. The third-order valence-corrected chi connectivity index (χ3v) is 4.76. The first-order valence-electron chi connectivity index (χ1n) is 8.96. The fraction of sp³-hybridized carbons (Fsp3) is 0.333. The molecule has 3 rings (SSSR count). The Bertz CT molecular complexity index is 799. The first-order valence-corrected chi connectivity index (χ1v) is 8.96. The lowest BCUT2D eigenvalue weighted by Gasteiger charge is -2.20. The molecule has 2 aromatic carbocycles. The largest absolute Gasteiger partial charge is 0.484 e. The Hall–Kier alpha value is -2.82.